The van der Waals surface area contributed by atoms with Crippen molar-refractivity contribution in [3.05, 3.63) is 27.3 Å². The molecule has 0 aliphatic rings. The van der Waals surface area contributed by atoms with Crippen LogP contribution < -0.4 is 0 Å². The lowest BCUT2D eigenvalue weighted by atomic mass is 10.2. The smallest absolute Gasteiger partial charge is 0.258 e. The molecule has 0 saturated carbocycles. The Kier molecular flexibility index (Phi) is 1.93. The van der Waals surface area contributed by atoms with Crippen LogP contribution in [-0.2, 0) is 0 Å². The predicted octanol–water partition coefficient (Wildman–Crippen LogP) is 0.277. The minimum absolute atomic E-state index is 0.0216. The molecule has 11 nitrogen and oxygen atoms in total. The monoisotopic (exact) mass is 291 g/mol. The summed E-state index contributed by atoms with van der Waals surface area (Å²) in [5, 5.41) is 33.2. The number of nitro benzene ring substituents is 1. The van der Waals surface area contributed by atoms with E-state index in [1.807, 2.05) is 0 Å². The molecule has 3 aromatic heterocycles. The lowest BCUT2D eigenvalue weighted by Crippen LogP contribution is -2.01. The number of hydrogen-bond donors (Lipinski definition) is 0. The van der Waals surface area contributed by atoms with Crippen LogP contribution in [0.2, 0.25) is 5.02 Å². The molecular formula is C8H2ClN9O2. The van der Waals surface area contributed by atoms with Crippen LogP contribution in [-0.4, -0.2) is 45.0 Å². The van der Waals surface area contributed by atoms with E-state index in [0.717, 1.165) is 0 Å². The van der Waals surface area contributed by atoms with Gasteiger partial charge in [-0.3, -0.25) is 10.1 Å². The van der Waals surface area contributed by atoms with Crippen molar-refractivity contribution < 1.29 is 4.92 Å². The first-order valence-electron chi connectivity index (χ1n) is 5.22. The number of halogens is 1. The van der Waals surface area contributed by atoms with E-state index in [4.69, 9.17) is 11.6 Å². The molecule has 3 heterocycles. The van der Waals surface area contributed by atoms with Gasteiger partial charge in [0.15, 0.2) is 0 Å². The summed E-state index contributed by atoms with van der Waals surface area (Å²) in [4.78, 5) is 10.4. The fourth-order valence-corrected chi connectivity index (χ4v) is 2.22. The Morgan fingerprint density at radius 1 is 1.05 bits per heavy atom. The topological polar surface area (TPSA) is 129 Å². The third kappa shape index (κ3) is 1.23. The molecule has 0 saturated heterocycles. The summed E-state index contributed by atoms with van der Waals surface area (Å²) in [5.41, 5.74) is 1.20. The van der Waals surface area contributed by atoms with E-state index in [1.165, 1.54) is 21.2 Å². The van der Waals surface area contributed by atoms with Gasteiger partial charge in [0.1, 0.15) is 10.5 Å². The highest BCUT2D eigenvalue weighted by Crippen LogP contribution is 2.30. The summed E-state index contributed by atoms with van der Waals surface area (Å²) >= 11 is 5.91. The first kappa shape index (κ1) is 10.9. The van der Waals surface area contributed by atoms with E-state index < -0.39 is 4.92 Å². The van der Waals surface area contributed by atoms with Gasteiger partial charge in [0.2, 0.25) is 11.3 Å². The first-order chi connectivity index (χ1) is 9.66. The van der Waals surface area contributed by atoms with Crippen LogP contribution >= 0.6 is 11.6 Å². The van der Waals surface area contributed by atoms with E-state index in [0.29, 0.717) is 22.3 Å². The molecule has 98 valence electrons. The number of rotatable bonds is 1. The lowest BCUT2D eigenvalue weighted by Gasteiger charge is -2.03. The standard InChI is InChI=1S/C8H2ClN9O2/c9-3-1-5-6(2-4(3)18(19)20)17-8(11-13-15-17)7-10-12-14-16(5)7/h1-2H. The molecular weight excluding hydrogens is 290 g/mol. The zero-order chi connectivity index (χ0) is 13.9. The largest absolute Gasteiger partial charge is 0.290 e. The molecule has 0 radical (unpaired) electrons. The number of tetrazole rings is 2. The summed E-state index contributed by atoms with van der Waals surface area (Å²) in [6.07, 6.45) is 0. The third-order valence-corrected chi connectivity index (χ3v) is 3.14. The second-order valence-electron chi connectivity index (χ2n) is 3.88. The van der Waals surface area contributed by atoms with Gasteiger partial charge in [0.05, 0.1) is 10.4 Å². The van der Waals surface area contributed by atoms with E-state index in [9.17, 15) is 10.1 Å². The molecule has 12 heteroatoms. The van der Waals surface area contributed by atoms with Crippen LogP contribution in [0.25, 0.3) is 22.3 Å². The van der Waals surface area contributed by atoms with Crippen LogP contribution in [0.1, 0.15) is 0 Å². The number of aromatic nitrogens is 8. The molecule has 0 aliphatic heterocycles. The normalized spacial score (nSPS) is 11.7. The quantitative estimate of drug-likeness (QED) is 0.361. The van der Waals surface area contributed by atoms with E-state index in [2.05, 4.69) is 31.1 Å². The fraction of sp³-hybridized carbons (Fsp3) is 0. The van der Waals surface area contributed by atoms with Gasteiger partial charge >= 0.3 is 0 Å². The van der Waals surface area contributed by atoms with Gasteiger partial charge in [0, 0.05) is 6.07 Å². The molecule has 0 bridgehead atoms. The maximum atomic E-state index is 11.0. The Balaban J connectivity index is 2.33. The second kappa shape index (κ2) is 3.54. The van der Waals surface area contributed by atoms with Crippen molar-refractivity contribution in [1.29, 1.82) is 0 Å². The van der Waals surface area contributed by atoms with Crippen molar-refractivity contribution >= 4 is 39.6 Å². The molecule has 0 aliphatic carbocycles. The lowest BCUT2D eigenvalue weighted by molar-refractivity contribution is -0.384. The summed E-state index contributed by atoms with van der Waals surface area (Å²) in [6.45, 7) is 0. The van der Waals surface area contributed by atoms with E-state index in [-0.39, 0.29) is 10.7 Å². The molecule has 0 fully saturated rings. The maximum Gasteiger partial charge on any atom is 0.290 e. The highest BCUT2D eigenvalue weighted by molar-refractivity contribution is 6.33. The van der Waals surface area contributed by atoms with E-state index >= 15 is 0 Å². The van der Waals surface area contributed by atoms with Crippen molar-refractivity contribution in [3.63, 3.8) is 0 Å². The summed E-state index contributed by atoms with van der Waals surface area (Å²) in [6, 6.07) is 2.68. The van der Waals surface area contributed by atoms with Crippen LogP contribution in [0, 0.1) is 10.1 Å². The first-order valence-corrected chi connectivity index (χ1v) is 5.60. The summed E-state index contributed by atoms with van der Waals surface area (Å²) < 4.78 is 2.70. The van der Waals surface area contributed by atoms with E-state index in [1.54, 1.807) is 0 Å². The third-order valence-electron chi connectivity index (χ3n) is 2.84. The van der Waals surface area contributed by atoms with Gasteiger partial charge in [-0.05, 0) is 26.9 Å². The Labute approximate surface area is 112 Å². The molecule has 0 amide bonds. The van der Waals surface area contributed by atoms with Crippen molar-refractivity contribution in [2.75, 3.05) is 0 Å². The average Bonchev–Trinajstić information content (AvgIpc) is 3.06. The highest BCUT2D eigenvalue weighted by Gasteiger charge is 2.20. The predicted molar refractivity (Wildman–Crippen MR) is 64.3 cm³/mol. The number of nitrogens with zero attached hydrogens (tertiary/aromatic N) is 9. The van der Waals surface area contributed by atoms with Gasteiger partial charge < -0.3 is 0 Å². The molecule has 4 rings (SSSR count). The summed E-state index contributed by atoms with van der Waals surface area (Å²) in [5.74, 6) is 0. The van der Waals surface area contributed by atoms with Gasteiger partial charge in [0.25, 0.3) is 5.69 Å². The van der Waals surface area contributed by atoms with Crippen LogP contribution in [0.3, 0.4) is 0 Å². The number of fused-ring (bicyclic) bond motifs is 6. The Hall–Kier alpha value is -2.95. The molecule has 0 N–H and O–H groups in total. The van der Waals surface area contributed by atoms with Crippen molar-refractivity contribution in [3.8, 4) is 0 Å². The molecule has 0 atom stereocenters. The maximum absolute atomic E-state index is 11.0. The van der Waals surface area contributed by atoms with Gasteiger partial charge in [-0.2, -0.15) is 9.03 Å². The minimum atomic E-state index is -0.582. The van der Waals surface area contributed by atoms with Crippen LogP contribution in [0.4, 0.5) is 5.69 Å². The zero-order valence-corrected chi connectivity index (χ0v) is 10.1. The minimum Gasteiger partial charge on any atom is -0.258 e. The molecule has 1 aromatic carbocycles. The van der Waals surface area contributed by atoms with Crippen LogP contribution in [0.15, 0.2) is 12.1 Å². The molecule has 0 unspecified atom stereocenters. The number of nitro groups is 1. The van der Waals surface area contributed by atoms with Gasteiger partial charge in [-0.25, -0.2) is 0 Å². The molecule has 0 spiro atoms. The summed E-state index contributed by atoms with van der Waals surface area (Å²) in [7, 11) is 0. The van der Waals surface area contributed by atoms with Crippen molar-refractivity contribution in [1.82, 2.24) is 40.1 Å². The highest BCUT2D eigenvalue weighted by atomic mass is 35.5. The SMILES string of the molecule is O=[N+]([O-])c1cc2c(cc1Cl)n1nnnc1c1nnnn21. The molecule has 20 heavy (non-hydrogen) atoms. The molecule has 4 aromatic rings. The van der Waals surface area contributed by atoms with Crippen molar-refractivity contribution in [2.45, 2.75) is 0 Å². The fourth-order valence-electron chi connectivity index (χ4n) is 2.00. The number of hydrogen-bond acceptors (Lipinski definition) is 8. The second-order valence-corrected chi connectivity index (χ2v) is 4.29. The van der Waals surface area contributed by atoms with Gasteiger partial charge in [-0.15, -0.1) is 10.2 Å². The zero-order valence-electron chi connectivity index (χ0n) is 9.37. The Morgan fingerprint density at radius 3 is 2.15 bits per heavy atom. The Bertz CT molecular complexity index is 1010. The van der Waals surface area contributed by atoms with Gasteiger partial charge in [-0.1, -0.05) is 11.6 Å². The number of benzene rings is 1. The Morgan fingerprint density at radius 2 is 1.60 bits per heavy atom. The van der Waals surface area contributed by atoms with Crippen LogP contribution in [0.5, 0.6) is 0 Å². The van der Waals surface area contributed by atoms with Crippen molar-refractivity contribution in [2.24, 2.45) is 0 Å². The average molecular weight is 292 g/mol.